The number of carbonyl (C=O) groups excluding carboxylic acids is 2. The Hall–Kier alpha value is -2.02. The SMILES string of the molecule is Cc1cc(CCC(=O)NCC(N)=O)nc(C2CCCNC2)n1. The molecule has 1 aromatic rings. The summed E-state index contributed by atoms with van der Waals surface area (Å²) in [6.07, 6.45) is 3.04. The minimum Gasteiger partial charge on any atom is -0.368 e. The van der Waals surface area contributed by atoms with Gasteiger partial charge in [-0.15, -0.1) is 0 Å². The Labute approximate surface area is 130 Å². The van der Waals surface area contributed by atoms with Crippen LogP contribution in [0.5, 0.6) is 0 Å². The fourth-order valence-corrected chi connectivity index (χ4v) is 2.56. The van der Waals surface area contributed by atoms with E-state index >= 15 is 0 Å². The molecule has 0 aromatic carbocycles. The van der Waals surface area contributed by atoms with Crippen LogP contribution in [-0.2, 0) is 16.0 Å². The Balaban J connectivity index is 1.94. The highest BCUT2D eigenvalue weighted by Crippen LogP contribution is 2.20. The standard InChI is InChI=1S/C15H23N5O2/c1-10-7-12(4-5-14(22)18-9-13(16)21)20-15(19-10)11-3-2-6-17-8-11/h7,11,17H,2-6,8-9H2,1H3,(H2,16,21)(H,18,22). The van der Waals surface area contributed by atoms with Crippen LogP contribution in [0.2, 0.25) is 0 Å². The van der Waals surface area contributed by atoms with Crippen molar-refractivity contribution in [1.29, 1.82) is 0 Å². The molecule has 0 spiro atoms. The van der Waals surface area contributed by atoms with Gasteiger partial charge < -0.3 is 16.4 Å². The van der Waals surface area contributed by atoms with E-state index in [4.69, 9.17) is 5.73 Å². The smallest absolute Gasteiger partial charge is 0.236 e. The second kappa shape index (κ2) is 7.84. The summed E-state index contributed by atoms with van der Waals surface area (Å²) in [7, 11) is 0. The van der Waals surface area contributed by atoms with Crippen molar-refractivity contribution in [3.05, 3.63) is 23.3 Å². The number of hydrogen-bond donors (Lipinski definition) is 3. The van der Waals surface area contributed by atoms with Gasteiger partial charge >= 0.3 is 0 Å². The second-order valence-corrected chi connectivity index (χ2v) is 5.65. The molecule has 2 amide bonds. The zero-order valence-electron chi connectivity index (χ0n) is 12.9. The number of aryl methyl sites for hydroxylation is 2. The van der Waals surface area contributed by atoms with Crippen LogP contribution < -0.4 is 16.4 Å². The molecule has 1 fully saturated rings. The number of primary amides is 1. The van der Waals surface area contributed by atoms with Gasteiger partial charge in [0.1, 0.15) is 5.82 Å². The average molecular weight is 305 g/mol. The molecule has 4 N–H and O–H groups in total. The molecule has 0 aliphatic carbocycles. The molecular weight excluding hydrogens is 282 g/mol. The molecule has 0 saturated carbocycles. The Morgan fingerprint density at radius 1 is 1.45 bits per heavy atom. The van der Waals surface area contributed by atoms with E-state index < -0.39 is 5.91 Å². The predicted octanol–water partition coefficient (Wildman–Crippen LogP) is -0.214. The molecule has 1 aromatic heterocycles. The third kappa shape index (κ3) is 5.07. The van der Waals surface area contributed by atoms with E-state index in [9.17, 15) is 9.59 Å². The lowest BCUT2D eigenvalue weighted by molar-refractivity contribution is -0.124. The maximum absolute atomic E-state index is 11.6. The second-order valence-electron chi connectivity index (χ2n) is 5.65. The number of nitrogens with two attached hydrogens (primary N) is 1. The Bertz CT molecular complexity index is 541. The number of nitrogens with one attached hydrogen (secondary N) is 2. The fourth-order valence-electron chi connectivity index (χ4n) is 2.56. The lowest BCUT2D eigenvalue weighted by atomic mass is 9.98. The summed E-state index contributed by atoms with van der Waals surface area (Å²) < 4.78 is 0. The minimum atomic E-state index is -0.543. The number of amides is 2. The summed E-state index contributed by atoms with van der Waals surface area (Å²) in [6, 6.07) is 1.90. The van der Waals surface area contributed by atoms with Crippen LogP contribution in [0.3, 0.4) is 0 Å². The summed E-state index contributed by atoms with van der Waals surface area (Å²) in [5, 5.41) is 5.84. The molecule has 2 rings (SSSR count). The summed E-state index contributed by atoms with van der Waals surface area (Å²) in [5.74, 6) is 0.463. The van der Waals surface area contributed by atoms with E-state index in [1.54, 1.807) is 0 Å². The molecule has 1 atom stereocenters. The summed E-state index contributed by atoms with van der Waals surface area (Å²) in [5.41, 5.74) is 6.77. The molecule has 7 nitrogen and oxygen atoms in total. The molecule has 2 heterocycles. The molecule has 1 unspecified atom stereocenters. The van der Waals surface area contributed by atoms with Gasteiger partial charge in [0, 0.05) is 30.3 Å². The van der Waals surface area contributed by atoms with Crippen molar-refractivity contribution in [2.75, 3.05) is 19.6 Å². The van der Waals surface area contributed by atoms with Crippen molar-refractivity contribution in [3.63, 3.8) is 0 Å². The Kier molecular flexibility index (Phi) is 5.83. The molecule has 1 aliphatic heterocycles. The first-order chi connectivity index (χ1) is 10.5. The van der Waals surface area contributed by atoms with Gasteiger partial charge in [-0.25, -0.2) is 9.97 Å². The number of nitrogens with zero attached hydrogens (tertiary/aromatic N) is 2. The molecule has 0 radical (unpaired) electrons. The summed E-state index contributed by atoms with van der Waals surface area (Å²) in [4.78, 5) is 31.4. The molecule has 1 aliphatic rings. The van der Waals surface area contributed by atoms with Crippen molar-refractivity contribution in [1.82, 2.24) is 20.6 Å². The molecular formula is C15H23N5O2. The topological polar surface area (TPSA) is 110 Å². The van der Waals surface area contributed by atoms with E-state index in [-0.39, 0.29) is 18.9 Å². The van der Waals surface area contributed by atoms with Crippen LogP contribution in [0.1, 0.15) is 42.4 Å². The van der Waals surface area contributed by atoms with Crippen LogP contribution in [-0.4, -0.2) is 41.4 Å². The van der Waals surface area contributed by atoms with Gasteiger partial charge in [0.25, 0.3) is 0 Å². The van der Waals surface area contributed by atoms with E-state index in [1.807, 2.05) is 13.0 Å². The highest BCUT2D eigenvalue weighted by molar-refractivity contribution is 5.83. The first kappa shape index (κ1) is 16.4. The first-order valence-corrected chi connectivity index (χ1v) is 7.65. The average Bonchev–Trinajstić information content (AvgIpc) is 2.51. The minimum absolute atomic E-state index is 0.124. The van der Waals surface area contributed by atoms with E-state index in [1.165, 1.54) is 0 Å². The van der Waals surface area contributed by atoms with Gasteiger partial charge in [0.15, 0.2) is 0 Å². The van der Waals surface area contributed by atoms with Gasteiger partial charge in [0.2, 0.25) is 11.8 Å². The number of aromatic nitrogens is 2. The van der Waals surface area contributed by atoms with Crippen LogP contribution in [0.4, 0.5) is 0 Å². The monoisotopic (exact) mass is 305 g/mol. The van der Waals surface area contributed by atoms with E-state index in [0.29, 0.717) is 12.3 Å². The zero-order valence-corrected chi connectivity index (χ0v) is 12.9. The number of hydrogen-bond acceptors (Lipinski definition) is 5. The van der Waals surface area contributed by atoms with Gasteiger partial charge in [-0.3, -0.25) is 9.59 Å². The maximum atomic E-state index is 11.6. The van der Waals surface area contributed by atoms with Crippen molar-refractivity contribution in [3.8, 4) is 0 Å². The zero-order chi connectivity index (χ0) is 15.9. The summed E-state index contributed by atoms with van der Waals surface area (Å²) in [6.45, 7) is 3.77. The first-order valence-electron chi connectivity index (χ1n) is 7.65. The molecule has 120 valence electrons. The van der Waals surface area contributed by atoms with Gasteiger partial charge in [-0.1, -0.05) is 0 Å². The van der Waals surface area contributed by atoms with Crippen LogP contribution >= 0.6 is 0 Å². The largest absolute Gasteiger partial charge is 0.368 e. The third-order valence-corrected chi connectivity index (χ3v) is 3.65. The maximum Gasteiger partial charge on any atom is 0.236 e. The molecule has 7 heteroatoms. The molecule has 1 saturated heterocycles. The highest BCUT2D eigenvalue weighted by atomic mass is 16.2. The third-order valence-electron chi connectivity index (χ3n) is 3.65. The van der Waals surface area contributed by atoms with Gasteiger partial charge in [0.05, 0.1) is 6.54 Å². The van der Waals surface area contributed by atoms with Crippen LogP contribution in [0.25, 0.3) is 0 Å². The Morgan fingerprint density at radius 3 is 2.95 bits per heavy atom. The predicted molar refractivity (Wildman–Crippen MR) is 82.1 cm³/mol. The normalized spacial score (nSPS) is 18.0. The van der Waals surface area contributed by atoms with Gasteiger partial charge in [-0.05, 0) is 38.8 Å². The molecule has 0 bridgehead atoms. The van der Waals surface area contributed by atoms with E-state index in [0.717, 1.165) is 43.1 Å². The Morgan fingerprint density at radius 2 is 2.27 bits per heavy atom. The quantitative estimate of drug-likeness (QED) is 0.673. The number of carbonyl (C=O) groups is 2. The van der Waals surface area contributed by atoms with Crippen molar-refractivity contribution >= 4 is 11.8 Å². The molecule has 22 heavy (non-hydrogen) atoms. The van der Waals surface area contributed by atoms with Crippen molar-refractivity contribution in [2.45, 2.75) is 38.5 Å². The highest BCUT2D eigenvalue weighted by Gasteiger charge is 2.18. The number of piperidine rings is 1. The van der Waals surface area contributed by atoms with E-state index in [2.05, 4.69) is 20.6 Å². The lowest BCUT2D eigenvalue weighted by Crippen LogP contribution is -2.33. The number of rotatable bonds is 6. The lowest BCUT2D eigenvalue weighted by Gasteiger charge is -2.22. The van der Waals surface area contributed by atoms with Crippen LogP contribution in [0.15, 0.2) is 6.07 Å². The fraction of sp³-hybridized carbons (Fsp3) is 0.600. The van der Waals surface area contributed by atoms with Crippen molar-refractivity contribution in [2.24, 2.45) is 5.73 Å². The van der Waals surface area contributed by atoms with Crippen molar-refractivity contribution < 1.29 is 9.59 Å². The van der Waals surface area contributed by atoms with Gasteiger partial charge in [-0.2, -0.15) is 0 Å². The van der Waals surface area contributed by atoms with Crippen LogP contribution in [0, 0.1) is 6.92 Å². The summed E-state index contributed by atoms with van der Waals surface area (Å²) >= 11 is 0.